The van der Waals surface area contributed by atoms with Gasteiger partial charge in [-0.2, -0.15) is 0 Å². The van der Waals surface area contributed by atoms with E-state index in [0.717, 1.165) is 24.2 Å². The summed E-state index contributed by atoms with van der Waals surface area (Å²) in [5, 5.41) is 2.71. The molecule has 2 rings (SSSR count). The number of benzene rings is 1. The number of methoxy groups -OCH3 is 1. The molecule has 1 aromatic carbocycles. The Morgan fingerprint density at radius 2 is 2.33 bits per heavy atom. The van der Waals surface area contributed by atoms with E-state index >= 15 is 0 Å². The third kappa shape index (κ3) is 1.69. The minimum Gasteiger partial charge on any atom is -0.497 e. The number of fused-ring (bicyclic) bond motifs is 1. The zero-order valence-electron chi connectivity index (χ0n) is 9.04. The maximum absolute atomic E-state index is 11.6. The normalized spacial score (nSPS) is 18.4. The summed E-state index contributed by atoms with van der Waals surface area (Å²) in [5.74, 6) is 1.00. The van der Waals surface area contributed by atoms with Crippen LogP contribution in [0.25, 0.3) is 0 Å². The fraction of sp³-hybridized carbons (Fsp3) is 0.417. The number of ether oxygens (including phenoxy) is 1. The fourth-order valence-corrected chi connectivity index (χ4v) is 2.17. The van der Waals surface area contributed by atoms with Crippen LogP contribution in [0.1, 0.15) is 23.5 Å². The van der Waals surface area contributed by atoms with Crippen LogP contribution in [-0.2, 0) is 11.2 Å². The SMILES string of the molecule is CNC(=O)C1CCc2cc(OC)ccc21. The van der Waals surface area contributed by atoms with Crippen molar-refractivity contribution in [3.05, 3.63) is 29.3 Å². The highest BCUT2D eigenvalue weighted by molar-refractivity contribution is 5.84. The number of likely N-dealkylation sites (N-methyl/N-ethyl adjacent to an activating group) is 1. The van der Waals surface area contributed by atoms with Crippen LogP contribution in [0.4, 0.5) is 0 Å². The molecule has 0 heterocycles. The van der Waals surface area contributed by atoms with Crippen molar-refractivity contribution < 1.29 is 9.53 Å². The van der Waals surface area contributed by atoms with E-state index in [1.165, 1.54) is 5.56 Å². The molecule has 1 unspecified atom stereocenters. The molecule has 0 saturated carbocycles. The summed E-state index contributed by atoms with van der Waals surface area (Å²) < 4.78 is 5.16. The van der Waals surface area contributed by atoms with Crippen molar-refractivity contribution in [1.29, 1.82) is 0 Å². The summed E-state index contributed by atoms with van der Waals surface area (Å²) in [6.07, 6.45) is 1.87. The van der Waals surface area contributed by atoms with E-state index in [9.17, 15) is 4.79 Å². The van der Waals surface area contributed by atoms with Gasteiger partial charge < -0.3 is 10.1 Å². The van der Waals surface area contributed by atoms with Gasteiger partial charge in [-0.25, -0.2) is 0 Å². The Balaban J connectivity index is 2.32. The van der Waals surface area contributed by atoms with Gasteiger partial charge in [0.1, 0.15) is 5.75 Å². The van der Waals surface area contributed by atoms with Gasteiger partial charge in [0, 0.05) is 7.05 Å². The molecule has 1 aliphatic rings. The summed E-state index contributed by atoms with van der Waals surface area (Å²) in [7, 11) is 3.34. The molecular weight excluding hydrogens is 190 g/mol. The van der Waals surface area contributed by atoms with E-state index in [0.29, 0.717) is 0 Å². The molecule has 3 nitrogen and oxygen atoms in total. The van der Waals surface area contributed by atoms with Gasteiger partial charge in [0.2, 0.25) is 5.91 Å². The maximum atomic E-state index is 11.6. The number of aryl methyl sites for hydroxylation is 1. The number of carbonyl (C=O) groups excluding carboxylic acids is 1. The van der Waals surface area contributed by atoms with Crippen molar-refractivity contribution in [2.45, 2.75) is 18.8 Å². The summed E-state index contributed by atoms with van der Waals surface area (Å²) in [6.45, 7) is 0. The second-order valence-corrected chi connectivity index (χ2v) is 3.77. The molecule has 1 aliphatic carbocycles. The van der Waals surface area contributed by atoms with Crippen LogP contribution in [0.2, 0.25) is 0 Å². The molecule has 0 spiro atoms. The molecule has 80 valence electrons. The van der Waals surface area contributed by atoms with Crippen LogP contribution < -0.4 is 10.1 Å². The second kappa shape index (κ2) is 3.93. The van der Waals surface area contributed by atoms with Crippen molar-refractivity contribution in [2.75, 3.05) is 14.2 Å². The highest BCUT2D eigenvalue weighted by Crippen LogP contribution is 2.35. The number of hydrogen-bond donors (Lipinski definition) is 1. The predicted octanol–water partition coefficient (Wildman–Crippen LogP) is 1.47. The first-order valence-electron chi connectivity index (χ1n) is 5.14. The van der Waals surface area contributed by atoms with Gasteiger partial charge in [0.15, 0.2) is 0 Å². The van der Waals surface area contributed by atoms with Crippen LogP contribution in [0, 0.1) is 0 Å². The highest BCUT2D eigenvalue weighted by Gasteiger charge is 2.27. The van der Waals surface area contributed by atoms with Crippen LogP contribution >= 0.6 is 0 Å². The van der Waals surface area contributed by atoms with E-state index in [4.69, 9.17) is 4.74 Å². The van der Waals surface area contributed by atoms with E-state index in [-0.39, 0.29) is 11.8 Å². The van der Waals surface area contributed by atoms with Gasteiger partial charge in [0.25, 0.3) is 0 Å². The lowest BCUT2D eigenvalue weighted by Gasteiger charge is -2.10. The van der Waals surface area contributed by atoms with Crippen molar-refractivity contribution in [2.24, 2.45) is 0 Å². The maximum Gasteiger partial charge on any atom is 0.227 e. The van der Waals surface area contributed by atoms with Gasteiger partial charge in [-0.15, -0.1) is 0 Å². The average molecular weight is 205 g/mol. The molecule has 0 bridgehead atoms. The van der Waals surface area contributed by atoms with Crippen LogP contribution in [-0.4, -0.2) is 20.1 Å². The van der Waals surface area contributed by atoms with Crippen LogP contribution in [0.15, 0.2) is 18.2 Å². The average Bonchev–Trinajstić information content (AvgIpc) is 2.70. The van der Waals surface area contributed by atoms with Gasteiger partial charge in [0.05, 0.1) is 13.0 Å². The minimum absolute atomic E-state index is 0.0240. The fourth-order valence-electron chi connectivity index (χ4n) is 2.17. The molecule has 0 fully saturated rings. The van der Waals surface area contributed by atoms with Crippen molar-refractivity contribution in [3.63, 3.8) is 0 Å². The Kier molecular flexibility index (Phi) is 2.62. The first kappa shape index (κ1) is 10.0. The van der Waals surface area contributed by atoms with Gasteiger partial charge >= 0.3 is 0 Å². The standard InChI is InChI=1S/C12H15NO2/c1-13-12(14)11-5-3-8-7-9(15-2)4-6-10(8)11/h4,6-7,11H,3,5H2,1-2H3,(H,13,14). The van der Waals surface area contributed by atoms with Gasteiger partial charge in [-0.05, 0) is 36.1 Å². The quantitative estimate of drug-likeness (QED) is 0.794. The Labute approximate surface area is 89.4 Å². The number of hydrogen-bond acceptors (Lipinski definition) is 2. The number of nitrogens with one attached hydrogen (secondary N) is 1. The van der Waals surface area contributed by atoms with Crippen molar-refractivity contribution in [1.82, 2.24) is 5.32 Å². The lowest BCUT2D eigenvalue weighted by atomic mass is 10.0. The van der Waals surface area contributed by atoms with E-state index in [1.807, 2.05) is 18.2 Å². The Bertz CT molecular complexity index is 387. The summed E-state index contributed by atoms with van der Waals surface area (Å²) in [5.41, 5.74) is 2.39. The third-order valence-electron chi connectivity index (χ3n) is 2.99. The van der Waals surface area contributed by atoms with E-state index < -0.39 is 0 Å². The molecule has 3 heteroatoms. The first-order chi connectivity index (χ1) is 7.26. The molecule has 0 aliphatic heterocycles. The number of carbonyl (C=O) groups is 1. The van der Waals surface area contributed by atoms with E-state index in [2.05, 4.69) is 5.32 Å². The summed E-state index contributed by atoms with van der Waals surface area (Å²) >= 11 is 0. The Morgan fingerprint density at radius 3 is 3.00 bits per heavy atom. The van der Waals surface area contributed by atoms with E-state index in [1.54, 1.807) is 14.2 Å². The predicted molar refractivity (Wildman–Crippen MR) is 58.1 cm³/mol. The van der Waals surface area contributed by atoms with Crippen LogP contribution in [0.3, 0.4) is 0 Å². The molecule has 1 atom stereocenters. The topological polar surface area (TPSA) is 38.3 Å². The molecule has 0 aromatic heterocycles. The third-order valence-corrected chi connectivity index (χ3v) is 2.99. The Hall–Kier alpha value is -1.51. The smallest absolute Gasteiger partial charge is 0.227 e. The lowest BCUT2D eigenvalue weighted by Crippen LogP contribution is -2.24. The minimum atomic E-state index is 0.0240. The zero-order chi connectivity index (χ0) is 10.8. The lowest BCUT2D eigenvalue weighted by molar-refractivity contribution is -0.122. The summed E-state index contributed by atoms with van der Waals surface area (Å²) in [4.78, 5) is 11.6. The number of rotatable bonds is 2. The molecule has 1 amide bonds. The second-order valence-electron chi connectivity index (χ2n) is 3.77. The molecule has 0 radical (unpaired) electrons. The molecule has 1 aromatic rings. The number of amides is 1. The largest absolute Gasteiger partial charge is 0.497 e. The van der Waals surface area contributed by atoms with Crippen molar-refractivity contribution >= 4 is 5.91 Å². The molecule has 15 heavy (non-hydrogen) atoms. The van der Waals surface area contributed by atoms with Crippen molar-refractivity contribution in [3.8, 4) is 5.75 Å². The van der Waals surface area contributed by atoms with Crippen LogP contribution in [0.5, 0.6) is 5.75 Å². The summed E-state index contributed by atoms with van der Waals surface area (Å²) in [6, 6.07) is 5.94. The van der Waals surface area contributed by atoms with Gasteiger partial charge in [-0.3, -0.25) is 4.79 Å². The highest BCUT2D eigenvalue weighted by atomic mass is 16.5. The molecular formula is C12H15NO2. The molecule has 0 saturated heterocycles. The molecule has 1 N–H and O–H groups in total. The Morgan fingerprint density at radius 1 is 1.53 bits per heavy atom. The monoisotopic (exact) mass is 205 g/mol. The first-order valence-corrected chi connectivity index (χ1v) is 5.14. The van der Waals surface area contributed by atoms with Gasteiger partial charge in [-0.1, -0.05) is 6.07 Å². The zero-order valence-corrected chi connectivity index (χ0v) is 9.04.